The number of amides is 2. The van der Waals surface area contributed by atoms with E-state index in [1.807, 2.05) is 54.6 Å². The zero-order valence-corrected chi connectivity index (χ0v) is 21.1. The molecule has 2 aliphatic heterocycles. The van der Waals surface area contributed by atoms with Gasteiger partial charge in [-0.2, -0.15) is 0 Å². The normalized spacial score (nSPS) is 23.4. The Morgan fingerprint density at radius 2 is 1.54 bits per heavy atom. The molecule has 6 heteroatoms. The molecule has 0 radical (unpaired) electrons. The van der Waals surface area contributed by atoms with E-state index in [1.165, 1.54) is 19.3 Å². The largest absolute Gasteiger partial charge is 0.369 e. The Hall–Kier alpha value is -2.70. The van der Waals surface area contributed by atoms with Crippen LogP contribution < -0.4 is 16.4 Å². The van der Waals surface area contributed by atoms with Crippen molar-refractivity contribution in [3.05, 3.63) is 71.3 Å². The van der Waals surface area contributed by atoms with E-state index >= 15 is 0 Å². The summed E-state index contributed by atoms with van der Waals surface area (Å²) in [6, 6.07) is 18.5. The number of hydrogen-bond acceptors (Lipinski definition) is 4. The third kappa shape index (κ3) is 5.29. The first-order valence-corrected chi connectivity index (χ1v) is 13.1. The van der Waals surface area contributed by atoms with Crippen molar-refractivity contribution >= 4 is 11.8 Å². The van der Waals surface area contributed by atoms with Gasteiger partial charge in [0.2, 0.25) is 5.91 Å². The zero-order valence-electron chi connectivity index (χ0n) is 21.1. The second kappa shape index (κ2) is 11.4. The second-order valence-electron chi connectivity index (χ2n) is 10.3. The lowest BCUT2D eigenvalue weighted by Crippen LogP contribution is -2.51. The van der Waals surface area contributed by atoms with E-state index in [4.69, 9.17) is 5.73 Å². The van der Waals surface area contributed by atoms with Crippen molar-refractivity contribution in [2.24, 2.45) is 11.7 Å². The molecule has 2 aromatic rings. The lowest BCUT2D eigenvalue weighted by molar-refractivity contribution is -0.124. The molecule has 4 rings (SSSR count). The van der Waals surface area contributed by atoms with Gasteiger partial charge in [0.1, 0.15) is 5.41 Å². The van der Waals surface area contributed by atoms with Crippen LogP contribution in [0.25, 0.3) is 0 Å². The van der Waals surface area contributed by atoms with Gasteiger partial charge in [0.25, 0.3) is 5.91 Å². The number of nitrogens with two attached hydrogens (primary N) is 1. The van der Waals surface area contributed by atoms with Gasteiger partial charge in [-0.05, 0) is 81.8 Å². The smallest absolute Gasteiger partial charge is 0.251 e. The van der Waals surface area contributed by atoms with E-state index in [2.05, 4.69) is 29.4 Å². The highest BCUT2D eigenvalue weighted by Gasteiger charge is 2.47. The third-order valence-corrected chi connectivity index (χ3v) is 8.20. The van der Waals surface area contributed by atoms with E-state index in [0.29, 0.717) is 24.2 Å². The number of piperidine rings is 2. The van der Waals surface area contributed by atoms with Crippen molar-refractivity contribution in [2.45, 2.75) is 63.5 Å². The van der Waals surface area contributed by atoms with Gasteiger partial charge < -0.3 is 16.4 Å². The van der Waals surface area contributed by atoms with Crippen LogP contribution in [-0.2, 0) is 10.2 Å². The second-order valence-corrected chi connectivity index (χ2v) is 10.3. The third-order valence-electron chi connectivity index (χ3n) is 8.20. The van der Waals surface area contributed by atoms with Crippen molar-refractivity contribution in [1.82, 2.24) is 15.5 Å². The standard InChI is InChI=1S/C29H40N4O2/c1-21-7-6-8-22(2)33(21)20-19-32-27(34)23-11-13-25(14-12-23)29(28(30)35,24-9-4-3-5-10-24)26-15-17-31-18-16-26/h3-5,9-14,21-22,26,31H,6-8,15-20H2,1-2H3,(H2,30,35)(H,32,34). The van der Waals surface area contributed by atoms with Crippen LogP contribution in [0.2, 0.25) is 0 Å². The maximum atomic E-state index is 13.2. The zero-order chi connectivity index (χ0) is 24.8. The van der Waals surface area contributed by atoms with Gasteiger partial charge in [-0.15, -0.1) is 0 Å². The first-order valence-electron chi connectivity index (χ1n) is 13.1. The lowest BCUT2D eigenvalue weighted by Gasteiger charge is -2.41. The number of hydrogen-bond donors (Lipinski definition) is 3. The summed E-state index contributed by atoms with van der Waals surface area (Å²) in [7, 11) is 0. The Kier molecular flexibility index (Phi) is 8.24. The fourth-order valence-electron chi connectivity index (χ4n) is 6.28. The van der Waals surface area contributed by atoms with Crippen LogP contribution in [-0.4, -0.2) is 55.0 Å². The molecule has 2 aliphatic rings. The van der Waals surface area contributed by atoms with Crippen LogP contribution in [0.4, 0.5) is 0 Å². The van der Waals surface area contributed by atoms with E-state index < -0.39 is 5.41 Å². The summed E-state index contributed by atoms with van der Waals surface area (Å²) in [5.41, 5.74) is 7.64. The molecule has 3 atom stereocenters. The molecule has 0 aromatic heterocycles. The number of likely N-dealkylation sites (tertiary alicyclic amines) is 1. The summed E-state index contributed by atoms with van der Waals surface area (Å²) in [6.07, 6.45) is 5.46. The molecule has 4 N–H and O–H groups in total. The minimum atomic E-state index is -0.918. The number of carbonyl (C=O) groups excluding carboxylic acids is 2. The highest BCUT2D eigenvalue weighted by Crippen LogP contribution is 2.43. The summed E-state index contributed by atoms with van der Waals surface area (Å²) in [5.74, 6) is -0.325. The SMILES string of the molecule is CC1CCCC(C)N1CCNC(=O)c1ccc(C(C(N)=O)(c2ccccc2)C2CCNCC2)cc1. The van der Waals surface area contributed by atoms with Gasteiger partial charge in [-0.1, -0.05) is 48.9 Å². The number of benzene rings is 2. The quantitative estimate of drug-likeness (QED) is 0.545. The van der Waals surface area contributed by atoms with Crippen LogP contribution in [0.5, 0.6) is 0 Å². The molecule has 0 bridgehead atoms. The molecule has 2 heterocycles. The lowest BCUT2D eigenvalue weighted by atomic mass is 9.62. The van der Waals surface area contributed by atoms with Crippen molar-refractivity contribution in [1.29, 1.82) is 0 Å². The molecule has 35 heavy (non-hydrogen) atoms. The van der Waals surface area contributed by atoms with Gasteiger partial charge >= 0.3 is 0 Å². The summed E-state index contributed by atoms with van der Waals surface area (Å²) in [4.78, 5) is 28.6. The van der Waals surface area contributed by atoms with Crippen LogP contribution in [0, 0.1) is 5.92 Å². The molecule has 2 fully saturated rings. The predicted molar refractivity (Wildman–Crippen MR) is 140 cm³/mol. The molecule has 0 saturated carbocycles. The summed E-state index contributed by atoms with van der Waals surface area (Å²) >= 11 is 0. The van der Waals surface area contributed by atoms with Gasteiger partial charge in [0.15, 0.2) is 0 Å². The Morgan fingerprint density at radius 1 is 0.943 bits per heavy atom. The molecule has 6 nitrogen and oxygen atoms in total. The number of rotatable bonds is 8. The van der Waals surface area contributed by atoms with Gasteiger partial charge in [0, 0.05) is 30.7 Å². The van der Waals surface area contributed by atoms with E-state index in [9.17, 15) is 9.59 Å². The molecule has 3 unspecified atom stereocenters. The van der Waals surface area contributed by atoms with Crippen LogP contribution in [0.1, 0.15) is 67.4 Å². The summed E-state index contributed by atoms with van der Waals surface area (Å²) in [6.45, 7) is 7.76. The summed E-state index contributed by atoms with van der Waals surface area (Å²) in [5, 5.41) is 6.48. The van der Waals surface area contributed by atoms with Gasteiger partial charge in [0.05, 0.1) is 0 Å². The van der Waals surface area contributed by atoms with Crippen LogP contribution >= 0.6 is 0 Å². The van der Waals surface area contributed by atoms with Crippen molar-refractivity contribution < 1.29 is 9.59 Å². The number of nitrogens with one attached hydrogen (secondary N) is 2. The first kappa shape index (κ1) is 25.4. The van der Waals surface area contributed by atoms with E-state index in [1.54, 1.807) is 0 Å². The average molecular weight is 477 g/mol. The number of primary amides is 1. The van der Waals surface area contributed by atoms with Gasteiger partial charge in [-0.3, -0.25) is 14.5 Å². The van der Waals surface area contributed by atoms with Crippen molar-refractivity contribution in [3.8, 4) is 0 Å². The van der Waals surface area contributed by atoms with E-state index in [-0.39, 0.29) is 17.7 Å². The fraction of sp³-hybridized carbons (Fsp3) is 0.517. The Morgan fingerprint density at radius 3 is 2.14 bits per heavy atom. The minimum absolute atomic E-state index is 0.0832. The fourth-order valence-corrected chi connectivity index (χ4v) is 6.28. The highest BCUT2D eigenvalue weighted by molar-refractivity contribution is 5.95. The van der Waals surface area contributed by atoms with E-state index in [0.717, 1.165) is 43.6 Å². The first-order chi connectivity index (χ1) is 16.9. The molecule has 188 valence electrons. The Bertz CT molecular complexity index is 978. The van der Waals surface area contributed by atoms with Crippen molar-refractivity contribution in [2.75, 3.05) is 26.2 Å². The Balaban J connectivity index is 1.52. The van der Waals surface area contributed by atoms with Crippen LogP contribution in [0.15, 0.2) is 54.6 Å². The molecule has 2 aromatic carbocycles. The molecule has 2 amide bonds. The van der Waals surface area contributed by atoms with Crippen molar-refractivity contribution in [3.63, 3.8) is 0 Å². The number of carbonyl (C=O) groups is 2. The summed E-state index contributed by atoms with van der Waals surface area (Å²) < 4.78 is 0. The minimum Gasteiger partial charge on any atom is -0.369 e. The maximum Gasteiger partial charge on any atom is 0.251 e. The monoisotopic (exact) mass is 476 g/mol. The molecular weight excluding hydrogens is 436 g/mol. The Labute approximate surface area is 209 Å². The average Bonchev–Trinajstić information content (AvgIpc) is 2.88. The molecule has 2 saturated heterocycles. The highest BCUT2D eigenvalue weighted by atomic mass is 16.2. The topological polar surface area (TPSA) is 87.5 Å². The maximum absolute atomic E-state index is 13.2. The van der Waals surface area contributed by atoms with Gasteiger partial charge in [-0.25, -0.2) is 0 Å². The molecular formula is C29H40N4O2. The van der Waals surface area contributed by atoms with Crippen LogP contribution in [0.3, 0.4) is 0 Å². The molecule has 0 aliphatic carbocycles. The number of nitrogens with zero attached hydrogens (tertiary/aromatic N) is 1. The molecule has 0 spiro atoms. The predicted octanol–water partition coefficient (Wildman–Crippen LogP) is 3.45.